The van der Waals surface area contributed by atoms with Crippen LogP contribution in [-0.2, 0) is 7.05 Å². The highest BCUT2D eigenvalue weighted by Gasteiger charge is 2.24. The molecule has 0 aliphatic carbocycles. The Labute approximate surface area is 144 Å². The van der Waals surface area contributed by atoms with Crippen LogP contribution in [0.1, 0.15) is 33.4 Å². The second-order valence-electron chi connectivity index (χ2n) is 5.52. The summed E-state index contributed by atoms with van der Waals surface area (Å²) in [5, 5.41) is 11.8. The van der Waals surface area contributed by atoms with Crippen LogP contribution in [0.25, 0.3) is 0 Å². The molecule has 0 saturated carbocycles. The number of benzene rings is 2. The number of hydrogen-bond donors (Lipinski definition) is 1. The van der Waals surface area contributed by atoms with Crippen molar-refractivity contribution in [2.75, 3.05) is 0 Å². The lowest BCUT2D eigenvalue weighted by atomic mass is 10.0. The van der Waals surface area contributed by atoms with Crippen molar-refractivity contribution >= 4 is 5.91 Å². The molecule has 25 heavy (non-hydrogen) atoms. The molecule has 6 heteroatoms. The Morgan fingerprint density at radius 3 is 2.76 bits per heavy atom. The van der Waals surface area contributed by atoms with E-state index in [4.69, 9.17) is 5.26 Å². The van der Waals surface area contributed by atoms with Crippen LogP contribution < -0.4 is 5.32 Å². The normalized spacial score (nSPS) is 11.6. The van der Waals surface area contributed by atoms with Gasteiger partial charge in [-0.1, -0.05) is 24.3 Å². The molecule has 0 bridgehead atoms. The summed E-state index contributed by atoms with van der Waals surface area (Å²) in [5.41, 5.74) is 1.03. The van der Waals surface area contributed by atoms with Crippen molar-refractivity contribution in [3.8, 4) is 6.07 Å². The molecule has 124 valence electrons. The average Bonchev–Trinajstić information content (AvgIpc) is 3.06. The number of imidazole rings is 1. The van der Waals surface area contributed by atoms with Crippen LogP contribution in [0.4, 0.5) is 4.39 Å². The SMILES string of the molecule is Cn1ccnc1[C@H](NC(=O)c1cccc(C#N)c1)c1ccccc1F. The van der Waals surface area contributed by atoms with Crippen molar-refractivity contribution in [1.29, 1.82) is 5.26 Å². The van der Waals surface area contributed by atoms with E-state index in [2.05, 4.69) is 10.3 Å². The van der Waals surface area contributed by atoms with Gasteiger partial charge in [0.05, 0.1) is 11.6 Å². The average molecular weight is 334 g/mol. The first kappa shape index (κ1) is 16.4. The Kier molecular flexibility index (Phi) is 4.57. The fourth-order valence-electron chi connectivity index (χ4n) is 2.59. The maximum atomic E-state index is 14.3. The zero-order chi connectivity index (χ0) is 17.8. The molecule has 1 aromatic heterocycles. The van der Waals surface area contributed by atoms with Crippen molar-refractivity contribution in [2.45, 2.75) is 6.04 Å². The standard InChI is InChI=1S/C19H15FN4O/c1-24-10-9-22-18(24)17(15-7-2-3-8-16(15)20)23-19(25)14-6-4-5-13(11-14)12-21/h2-11,17H,1H3,(H,23,25)/t17-/m1/s1. The van der Waals surface area contributed by atoms with Crippen molar-refractivity contribution in [1.82, 2.24) is 14.9 Å². The molecular weight excluding hydrogens is 319 g/mol. The molecule has 2 aromatic carbocycles. The summed E-state index contributed by atoms with van der Waals surface area (Å²) >= 11 is 0. The summed E-state index contributed by atoms with van der Waals surface area (Å²) < 4.78 is 16.0. The van der Waals surface area contributed by atoms with E-state index in [-0.39, 0.29) is 0 Å². The van der Waals surface area contributed by atoms with E-state index >= 15 is 0 Å². The molecule has 1 N–H and O–H groups in total. The van der Waals surface area contributed by atoms with Crippen LogP contribution in [0.3, 0.4) is 0 Å². The van der Waals surface area contributed by atoms with Gasteiger partial charge in [-0.3, -0.25) is 4.79 Å². The van der Waals surface area contributed by atoms with E-state index in [0.717, 1.165) is 0 Å². The zero-order valence-corrected chi connectivity index (χ0v) is 13.5. The molecular formula is C19H15FN4O. The Hall–Kier alpha value is -3.46. The molecule has 0 aliphatic heterocycles. The Bertz CT molecular complexity index is 958. The van der Waals surface area contributed by atoms with Gasteiger partial charge in [0.2, 0.25) is 0 Å². The van der Waals surface area contributed by atoms with Crippen LogP contribution in [0.15, 0.2) is 60.9 Å². The highest BCUT2D eigenvalue weighted by atomic mass is 19.1. The Morgan fingerprint density at radius 1 is 1.28 bits per heavy atom. The fraction of sp³-hybridized carbons (Fsp3) is 0.105. The minimum atomic E-state index is -0.751. The quantitative estimate of drug-likeness (QED) is 0.797. The molecule has 0 unspecified atom stereocenters. The molecule has 0 radical (unpaired) electrons. The third-order valence-electron chi connectivity index (χ3n) is 3.86. The molecule has 5 nitrogen and oxygen atoms in total. The Balaban J connectivity index is 1.98. The topological polar surface area (TPSA) is 70.7 Å². The lowest BCUT2D eigenvalue weighted by Crippen LogP contribution is -2.31. The first-order valence-electron chi connectivity index (χ1n) is 7.63. The second-order valence-corrected chi connectivity index (χ2v) is 5.52. The zero-order valence-electron chi connectivity index (χ0n) is 13.5. The number of aryl methyl sites for hydroxylation is 1. The third-order valence-corrected chi connectivity index (χ3v) is 3.86. The summed E-state index contributed by atoms with van der Waals surface area (Å²) in [4.78, 5) is 16.9. The van der Waals surface area contributed by atoms with Gasteiger partial charge in [0.15, 0.2) is 0 Å². The lowest BCUT2D eigenvalue weighted by Gasteiger charge is -2.19. The van der Waals surface area contributed by atoms with Gasteiger partial charge in [-0.15, -0.1) is 0 Å². The molecule has 0 spiro atoms. The molecule has 1 heterocycles. The van der Waals surface area contributed by atoms with E-state index in [1.165, 1.54) is 12.1 Å². The predicted molar refractivity (Wildman–Crippen MR) is 90.1 cm³/mol. The van der Waals surface area contributed by atoms with Gasteiger partial charge in [-0.05, 0) is 24.3 Å². The van der Waals surface area contributed by atoms with Gasteiger partial charge in [0, 0.05) is 30.6 Å². The van der Waals surface area contributed by atoms with Crippen LogP contribution >= 0.6 is 0 Å². The molecule has 0 fully saturated rings. The number of nitrogens with one attached hydrogen (secondary N) is 1. The summed E-state index contributed by atoms with van der Waals surface area (Å²) in [7, 11) is 1.78. The largest absolute Gasteiger partial charge is 0.338 e. The van der Waals surface area contributed by atoms with E-state index in [1.807, 2.05) is 6.07 Å². The van der Waals surface area contributed by atoms with Crippen molar-refractivity contribution in [3.05, 3.63) is 89.3 Å². The smallest absolute Gasteiger partial charge is 0.252 e. The number of aromatic nitrogens is 2. The second kappa shape index (κ2) is 6.97. The number of hydrogen-bond acceptors (Lipinski definition) is 3. The summed E-state index contributed by atoms with van der Waals surface area (Å²) in [6.07, 6.45) is 3.32. The molecule has 0 aliphatic rings. The summed E-state index contributed by atoms with van der Waals surface area (Å²) in [6, 6.07) is 13.8. The van der Waals surface area contributed by atoms with Gasteiger partial charge in [-0.25, -0.2) is 9.37 Å². The Morgan fingerprint density at radius 2 is 2.08 bits per heavy atom. The minimum absolute atomic E-state index is 0.321. The van der Waals surface area contributed by atoms with Crippen LogP contribution in [0.5, 0.6) is 0 Å². The van der Waals surface area contributed by atoms with E-state index in [0.29, 0.717) is 22.5 Å². The highest BCUT2D eigenvalue weighted by molar-refractivity contribution is 5.95. The van der Waals surface area contributed by atoms with Crippen molar-refractivity contribution in [2.24, 2.45) is 7.05 Å². The van der Waals surface area contributed by atoms with E-state index in [9.17, 15) is 9.18 Å². The van der Waals surface area contributed by atoms with Gasteiger partial charge in [-0.2, -0.15) is 5.26 Å². The first-order valence-corrected chi connectivity index (χ1v) is 7.63. The van der Waals surface area contributed by atoms with Gasteiger partial charge in [0.25, 0.3) is 5.91 Å². The van der Waals surface area contributed by atoms with E-state index < -0.39 is 17.8 Å². The molecule has 3 rings (SSSR count). The number of carbonyl (C=O) groups is 1. The number of nitrogens with zero attached hydrogens (tertiary/aromatic N) is 3. The number of halogens is 1. The van der Waals surface area contributed by atoms with Crippen LogP contribution in [0, 0.1) is 17.1 Å². The predicted octanol–water partition coefficient (Wildman–Crippen LogP) is 2.95. The van der Waals surface area contributed by atoms with Gasteiger partial charge < -0.3 is 9.88 Å². The van der Waals surface area contributed by atoms with Gasteiger partial charge in [0.1, 0.15) is 17.7 Å². The van der Waals surface area contributed by atoms with Crippen molar-refractivity contribution < 1.29 is 9.18 Å². The maximum Gasteiger partial charge on any atom is 0.252 e. The summed E-state index contributed by atoms with van der Waals surface area (Å²) in [6.45, 7) is 0. The lowest BCUT2D eigenvalue weighted by molar-refractivity contribution is 0.0940. The molecule has 1 amide bonds. The van der Waals surface area contributed by atoms with Crippen LogP contribution in [0.2, 0.25) is 0 Å². The molecule has 1 atom stereocenters. The maximum absolute atomic E-state index is 14.3. The number of nitriles is 1. The molecule has 0 saturated heterocycles. The highest BCUT2D eigenvalue weighted by Crippen LogP contribution is 2.23. The fourth-order valence-corrected chi connectivity index (χ4v) is 2.59. The number of rotatable bonds is 4. The first-order chi connectivity index (χ1) is 12.1. The van der Waals surface area contributed by atoms with Crippen LogP contribution in [-0.4, -0.2) is 15.5 Å². The van der Waals surface area contributed by atoms with E-state index in [1.54, 1.807) is 60.4 Å². The van der Waals surface area contributed by atoms with Gasteiger partial charge >= 0.3 is 0 Å². The number of carbonyl (C=O) groups excluding carboxylic acids is 1. The third kappa shape index (κ3) is 3.40. The minimum Gasteiger partial charge on any atom is -0.338 e. The van der Waals surface area contributed by atoms with Crippen molar-refractivity contribution in [3.63, 3.8) is 0 Å². The number of amides is 1. The summed E-state index contributed by atoms with van der Waals surface area (Å²) in [5.74, 6) is -0.329. The molecule has 3 aromatic rings. The monoisotopic (exact) mass is 334 g/mol.